The van der Waals surface area contributed by atoms with Crippen molar-refractivity contribution >= 4 is 11.8 Å². The number of aromatic nitrogens is 2. The average molecular weight is 304 g/mol. The largest absolute Gasteiger partial charge is 0.393 e. The van der Waals surface area contributed by atoms with E-state index >= 15 is 0 Å². The molecule has 1 aromatic heterocycles. The van der Waals surface area contributed by atoms with E-state index in [-0.39, 0.29) is 12.0 Å². The molecule has 1 heterocycles. The second-order valence-electron chi connectivity index (χ2n) is 5.52. The molecule has 0 bridgehead atoms. The summed E-state index contributed by atoms with van der Waals surface area (Å²) >= 11 is 1.70. The molecule has 21 heavy (non-hydrogen) atoms. The number of rotatable bonds is 5. The zero-order valence-electron chi connectivity index (χ0n) is 11.9. The SMILES string of the molecule is OC1CCCCC1Cc1nc(CSc2ccccc2)no1. The quantitative estimate of drug-likeness (QED) is 0.857. The average Bonchev–Trinajstić information content (AvgIpc) is 2.96. The number of hydrogen-bond donors (Lipinski definition) is 1. The predicted molar refractivity (Wildman–Crippen MR) is 82.0 cm³/mol. The number of thioether (sulfide) groups is 1. The summed E-state index contributed by atoms with van der Waals surface area (Å²) in [5, 5.41) is 14.0. The van der Waals surface area contributed by atoms with Gasteiger partial charge in [0.1, 0.15) is 0 Å². The van der Waals surface area contributed by atoms with Crippen molar-refractivity contribution in [3.05, 3.63) is 42.0 Å². The van der Waals surface area contributed by atoms with Crippen LogP contribution in [0.25, 0.3) is 0 Å². The van der Waals surface area contributed by atoms with Crippen molar-refractivity contribution in [2.75, 3.05) is 0 Å². The molecule has 0 spiro atoms. The van der Waals surface area contributed by atoms with Gasteiger partial charge in [-0.15, -0.1) is 11.8 Å². The predicted octanol–water partition coefficient (Wildman–Crippen LogP) is 3.46. The molecule has 112 valence electrons. The Morgan fingerprint density at radius 2 is 2.00 bits per heavy atom. The third-order valence-corrected chi connectivity index (χ3v) is 4.94. The molecule has 2 unspecified atom stereocenters. The Morgan fingerprint density at radius 1 is 1.19 bits per heavy atom. The summed E-state index contributed by atoms with van der Waals surface area (Å²) in [6.07, 6.45) is 4.75. The molecule has 3 rings (SSSR count). The van der Waals surface area contributed by atoms with Crippen LogP contribution in [0.4, 0.5) is 0 Å². The summed E-state index contributed by atoms with van der Waals surface area (Å²) in [6.45, 7) is 0. The van der Waals surface area contributed by atoms with Crippen LogP contribution in [0.1, 0.15) is 37.4 Å². The monoisotopic (exact) mass is 304 g/mol. The van der Waals surface area contributed by atoms with Crippen LogP contribution in [-0.4, -0.2) is 21.4 Å². The van der Waals surface area contributed by atoms with Crippen LogP contribution in [0.3, 0.4) is 0 Å². The van der Waals surface area contributed by atoms with Gasteiger partial charge in [-0.05, 0) is 30.9 Å². The molecule has 2 atom stereocenters. The van der Waals surface area contributed by atoms with E-state index in [1.807, 2.05) is 18.2 Å². The summed E-state index contributed by atoms with van der Waals surface area (Å²) in [5.74, 6) is 2.36. The van der Waals surface area contributed by atoms with Gasteiger partial charge >= 0.3 is 0 Å². The number of nitrogens with zero attached hydrogens (tertiary/aromatic N) is 2. The van der Waals surface area contributed by atoms with Gasteiger partial charge in [0.25, 0.3) is 0 Å². The van der Waals surface area contributed by atoms with Crippen LogP contribution in [0.15, 0.2) is 39.8 Å². The lowest BCUT2D eigenvalue weighted by Gasteiger charge is -2.26. The molecule has 0 saturated heterocycles. The van der Waals surface area contributed by atoms with Crippen molar-refractivity contribution in [3.8, 4) is 0 Å². The summed E-state index contributed by atoms with van der Waals surface area (Å²) in [4.78, 5) is 5.64. The Kier molecular flexibility index (Phi) is 4.93. The molecule has 1 saturated carbocycles. The van der Waals surface area contributed by atoms with Gasteiger partial charge in [-0.3, -0.25) is 0 Å². The third-order valence-electron chi connectivity index (χ3n) is 3.93. The fourth-order valence-electron chi connectivity index (χ4n) is 2.75. The minimum Gasteiger partial charge on any atom is -0.393 e. The van der Waals surface area contributed by atoms with Gasteiger partial charge in [0.2, 0.25) is 5.89 Å². The van der Waals surface area contributed by atoms with E-state index in [0.29, 0.717) is 18.1 Å². The highest BCUT2D eigenvalue weighted by Gasteiger charge is 2.25. The van der Waals surface area contributed by atoms with Crippen molar-refractivity contribution in [2.45, 2.75) is 48.9 Å². The van der Waals surface area contributed by atoms with Gasteiger partial charge in [0.15, 0.2) is 5.82 Å². The van der Waals surface area contributed by atoms with E-state index in [2.05, 4.69) is 22.3 Å². The highest BCUT2D eigenvalue weighted by molar-refractivity contribution is 7.98. The molecule has 0 radical (unpaired) electrons. The Hall–Kier alpha value is -1.33. The Bertz CT molecular complexity index is 558. The third kappa shape index (κ3) is 4.08. The first kappa shape index (κ1) is 14.6. The number of hydrogen-bond acceptors (Lipinski definition) is 5. The summed E-state index contributed by atoms with van der Waals surface area (Å²) in [5.41, 5.74) is 0. The highest BCUT2D eigenvalue weighted by atomic mass is 32.2. The summed E-state index contributed by atoms with van der Waals surface area (Å²) in [6, 6.07) is 10.2. The lowest BCUT2D eigenvalue weighted by Crippen LogP contribution is -2.26. The van der Waals surface area contributed by atoms with Crippen LogP contribution in [0.5, 0.6) is 0 Å². The minimum absolute atomic E-state index is 0.215. The van der Waals surface area contributed by atoms with E-state index < -0.39 is 0 Å². The second-order valence-corrected chi connectivity index (χ2v) is 6.57. The molecule has 0 amide bonds. The van der Waals surface area contributed by atoms with E-state index in [1.54, 1.807) is 11.8 Å². The topological polar surface area (TPSA) is 59.2 Å². The Morgan fingerprint density at radius 3 is 2.81 bits per heavy atom. The zero-order chi connectivity index (χ0) is 14.5. The molecular weight excluding hydrogens is 284 g/mol. The molecule has 1 fully saturated rings. The van der Waals surface area contributed by atoms with E-state index in [4.69, 9.17) is 4.52 Å². The van der Waals surface area contributed by atoms with Crippen LogP contribution in [0, 0.1) is 5.92 Å². The molecule has 0 aliphatic heterocycles. The van der Waals surface area contributed by atoms with Gasteiger partial charge in [0.05, 0.1) is 11.9 Å². The van der Waals surface area contributed by atoms with Crippen LogP contribution in [-0.2, 0) is 12.2 Å². The molecule has 1 N–H and O–H groups in total. The fourth-order valence-corrected chi connectivity index (χ4v) is 3.51. The lowest BCUT2D eigenvalue weighted by atomic mass is 9.84. The molecular formula is C16H20N2O2S. The van der Waals surface area contributed by atoms with Crippen molar-refractivity contribution < 1.29 is 9.63 Å². The molecule has 4 nitrogen and oxygen atoms in total. The molecule has 1 aromatic carbocycles. The molecule has 1 aliphatic rings. The van der Waals surface area contributed by atoms with Crippen molar-refractivity contribution in [1.82, 2.24) is 10.1 Å². The number of aliphatic hydroxyl groups is 1. The summed E-state index contributed by atoms with van der Waals surface area (Å²) in [7, 11) is 0. The van der Waals surface area contributed by atoms with E-state index in [9.17, 15) is 5.11 Å². The minimum atomic E-state index is -0.215. The second kappa shape index (κ2) is 7.09. The van der Waals surface area contributed by atoms with Crippen molar-refractivity contribution in [3.63, 3.8) is 0 Å². The van der Waals surface area contributed by atoms with Crippen molar-refractivity contribution in [2.24, 2.45) is 5.92 Å². The standard InChI is InChI=1S/C16H20N2O2S/c19-14-9-5-4-6-12(14)10-16-17-15(18-20-16)11-21-13-7-2-1-3-8-13/h1-3,7-8,12,14,19H,4-6,9-11H2. The smallest absolute Gasteiger partial charge is 0.227 e. The first-order valence-electron chi connectivity index (χ1n) is 7.48. The maximum atomic E-state index is 10.00. The molecule has 1 aliphatic carbocycles. The van der Waals surface area contributed by atoms with E-state index in [1.165, 1.54) is 11.3 Å². The highest BCUT2D eigenvalue weighted by Crippen LogP contribution is 2.27. The van der Waals surface area contributed by atoms with Crippen LogP contribution in [0.2, 0.25) is 0 Å². The van der Waals surface area contributed by atoms with Gasteiger partial charge in [0, 0.05) is 11.3 Å². The normalized spacial score (nSPS) is 22.3. The maximum absolute atomic E-state index is 10.00. The number of aliphatic hydroxyl groups excluding tert-OH is 1. The van der Waals surface area contributed by atoms with Gasteiger partial charge in [-0.1, -0.05) is 36.2 Å². The Balaban J connectivity index is 1.53. The maximum Gasteiger partial charge on any atom is 0.227 e. The fraction of sp³-hybridized carbons (Fsp3) is 0.500. The van der Waals surface area contributed by atoms with E-state index in [0.717, 1.165) is 25.1 Å². The molecule has 5 heteroatoms. The van der Waals surface area contributed by atoms with Crippen LogP contribution >= 0.6 is 11.8 Å². The number of benzene rings is 1. The van der Waals surface area contributed by atoms with Crippen molar-refractivity contribution in [1.29, 1.82) is 0 Å². The van der Waals surface area contributed by atoms with Crippen LogP contribution < -0.4 is 0 Å². The first-order chi connectivity index (χ1) is 10.3. The van der Waals surface area contributed by atoms with Gasteiger partial charge in [-0.25, -0.2) is 0 Å². The zero-order valence-corrected chi connectivity index (χ0v) is 12.8. The lowest BCUT2D eigenvalue weighted by molar-refractivity contribution is 0.0657. The summed E-state index contributed by atoms with van der Waals surface area (Å²) < 4.78 is 5.32. The van der Waals surface area contributed by atoms with Gasteiger partial charge < -0.3 is 9.63 Å². The van der Waals surface area contributed by atoms with Gasteiger partial charge in [-0.2, -0.15) is 4.98 Å². The Labute approximate surface area is 129 Å². The first-order valence-corrected chi connectivity index (χ1v) is 8.47. The molecule has 2 aromatic rings.